The van der Waals surface area contributed by atoms with E-state index in [0.717, 1.165) is 19.4 Å². The van der Waals surface area contributed by atoms with Crippen LogP contribution in [0, 0.1) is 5.92 Å². The molecule has 1 rings (SSSR count). The molecule has 1 aliphatic rings. The number of hydrogen-bond donors (Lipinski definition) is 2. The van der Waals surface area contributed by atoms with Crippen molar-refractivity contribution in [2.75, 3.05) is 26.7 Å². The third-order valence-electron chi connectivity index (χ3n) is 4.06. The summed E-state index contributed by atoms with van der Waals surface area (Å²) in [6.07, 6.45) is 1.61. The van der Waals surface area contributed by atoms with Crippen molar-refractivity contribution in [1.82, 2.24) is 15.1 Å². The average Bonchev–Trinajstić information content (AvgIpc) is 2.75. The predicted octanol–water partition coefficient (Wildman–Crippen LogP) is 1.22. The van der Waals surface area contributed by atoms with Gasteiger partial charge >= 0.3 is 12.0 Å². The number of rotatable bonds is 6. The Balaban J connectivity index is 2.34. The van der Waals surface area contributed by atoms with Crippen molar-refractivity contribution in [2.24, 2.45) is 5.92 Å². The van der Waals surface area contributed by atoms with Crippen molar-refractivity contribution in [2.45, 2.75) is 45.7 Å². The maximum absolute atomic E-state index is 12.0. The van der Waals surface area contributed by atoms with Crippen molar-refractivity contribution < 1.29 is 14.7 Å². The number of carboxylic acids is 1. The van der Waals surface area contributed by atoms with E-state index in [4.69, 9.17) is 0 Å². The Hall–Kier alpha value is -1.30. The fourth-order valence-corrected chi connectivity index (χ4v) is 2.43. The zero-order chi connectivity index (χ0) is 15.3. The van der Waals surface area contributed by atoms with Crippen LogP contribution in [0.4, 0.5) is 4.79 Å². The summed E-state index contributed by atoms with van der Waals surface area (Å²) in [5, 5.41) is 12.0. The highest BCUT2D eigenvalue weighted by molar-refractivity contribution is 5.83. The first-order valence-electron chi connectivity index (χ1n) is 7.32. The van der Waals surface area contributed by atoms with Gasteiger partial charge in [0.25, 0.3) is 0 Å². The number of hydrogen-bond acceptors (Lipinski definition) is 3. The van der Waals surface area contributed by atoms with Crippen LogP contribution in [0.15, 0.2) is 0 Å². The summed E-state index contributed by atoms with van der Waals surface area (Å²) in [5.41, 5.74) is 0. The van der Waals surface area contributed by atoms with Crippen molar-refractivity contribution >= 4 is 12.0 Å². The number of nitrogens with zero attached hydrogens (tertiary/aromatic N) is 2. The monoisotopic (exact) mass is 285 g/mol. The van der Waals surface area contributed by atoms with Gasteiger partial charge in [0.15, 0.2) is 0 Å². The predicted molar refractivity (Wildman–Crippen MR) is 77.7 cm³/mol. The molecule has 2 unspecified atom stereocenters. The molecule has 1 heterocycles. The molecular formula is C14H27N3O3. The number of likely N-dealkylation sites (tertiary alicyclic amines) is 1. The van der Waals surface area contributed by atoms with Gasteiger partial charge in [-0.3, -0.25) is 0 Å². The lowest BCUT2D eigenvalue weighted by Crippen LogP contribution is -2.48. The van der Waals surface area contributed by atoms with Crippen molar-refractivity contribution in [3.05, 3.63) is 0 Å². The molecule has 116 valence electrons. The van der Waals surface area contributed by atoms with E-state index in [2.05, 4.69) is 31.1 Å². The zero-order valence-corrected chi connectivity index (χ0v) is 12.9. The molecule has 0 aromatic heterocycles. The molecule has 1 aliphatic heterocycles. The van der Waals surface area contributed by atoms with Crippen LogP contribution in [0.3, 0.4) is 0 Å². The molecule has 2 amide bonds. The molecular weight excluding hydrogens is 258 g/mol. The SMILES string of the molecule is CC1CCN(C(=O)NCCCN(C)C(C)C)C1C(=O)O. The van der Waals surface area contributed by atoms with Gasteiger partial charge in [0, 0.05) is 19.1 Å². The van der Waals surface area contributed by atoms with Crippen LogP contribution in [0.2, 0.25) is 0 Å². The lowest BCUT2D eigenvalue weighted by atomic mass is 10.0. The summed E-state index contributed by atoms with van der Waals surface area (Å²) in [6.45, 7) is 8.15. The number of nitrogens with one attached hydrogen (secondary N) is 1. The van der Waals surface area contributed by atoms with E-state index in [9.17, 15) is 14.7 Å². The molecule has 0 aromatic carbocycles. The number of amides is 2. The number of carbonyl (C=O) groups excluding carboxylic acids is 1. The quantitative estimate of drug-likeness (QED) is 0.720. The average molecular weight is 285 g/mol. The van der Waals surface area contributed by atoms with Crippen LogP contribution in [0.5, 0.6) is 0 Å². The molecule has 6 heteroatoms. The lowest BCUT2D eigenvalue weighted by Gasteiger charge is -2.24. The highest BCUT2D eigenvalue weighted by Crippen LogP contribution is 2.23. The van der Waals surface area contributed by atoms with Gasteiger partial charge in [0.05, 0.1) is 0 Å². The lowest BCUT2D eigenvalue weighted by molar-refractivity contribution is -0.142. The van der Waals surface area contributed by atoms with Crippen LogP contribution in [-0.2, 0) is 4.79 Å². The first-order valence-corrected chi connectivity index (χ1v) is 7.32. The minimum Gasteiger partial charge on any atom is -0.480 e. The van der Waals surface area contributed by atoms with Crippen molar-refractivity contribution in [3.63, 3.8) is 0 Å². The van der Waals surface area contributed by atoms with E-state index in [1.54, 1.807) is 0 Å². The fraction of sp³-hybridized carbons (Fsp3) is 0.857. The van der Waals surface area contributed by atoms with Gasteiger partial charge in [-0.05, 0) is 46.2 Å². The summed E-state index contributed by atoms with van der Waals surface area (Å²) in [6, 6.07) is -0.455. The Morgan fingerprint density at radius 2 is 2.10 bits per heavy atom. The smallest absolute Gasteiger partial charge is 0.326 e. The van der Waals surface area contributed by atoms with E-state index in [0.29, 0.717) is 19.1 Å². The molecule has 0 spiro atoms. The van der Waals surface area contributed by atoms with Crippen molar-refractivity contribution in [3.8, 4) is 0 Å². The number of carboxylic acid groups (broad SMARTS) is 1. The summed E-state index contributed by atoms with van der Waals surface area (Å²) in [5.74, 6) is -0.894. The number of aliphatic carboxylic acids is 1. The number of carbonyl (C=O) groups is 2. The molecule has 6 nitrogen and oxygen atoms in total. The number of urea groups is 1. The molecule has 2 N–H and O–H groups in total. The molecule has 20 heavy (non-hydrogen) atoms. The molecule has 0 aromatic rings. The summed E-state index contributed by atoms with van der Waals surface area (Å²) in [7, 11) is 2.05. The van der Waals surface area contributed by atoms with Gasteiger partial charge in [0.1, 0.15) is 6.04 Å². The normalized spacial score (nSPS) is 22.6. The third kappa shape index (κ3) is 4.37. The van der Waals surface area contributed by atoms with Gasteiger partial charge in [-0.15, -0.1) is 0 Å². The first kappa shape index (κ1) is 16.8. The van der Waals surface area contributed by atoms with Gasteiger partial charge in [0.2, 0.25) is 0 Å². The Morgan fingerprint density at radius 3 is 2.65 bits per heavy atom. The molecule has 0 radical (unpaired) electrons. The molecule has 0 bridgehead atoms. The zero-order valence-electron chi connectivity index (χ0n) is 12.9. The van der Waals surface area contributed by atoms with E-state index in [1.807, 2.05) is 6.92 Å². The topological polar surface area (TPSA) is 72.9 Å². The van der Waals surface area contributed by atoms with Crippen molar-refractivity contribution in [1.29, 1.82) is 0 Å². The third-order valence-corrected chi connectivity index (χ3v) is 4.06. The minimum absolute atomic E-state index is 0.0188. The highest BCUT2D eigenvalue weighted by Gasteiger charge is 2.39. The second-order valence-corrected chi connectivity index (χ2v) is 5.90. The van der Waals surface area contributed by atoms with Crippen LogP contribution >= 0.6 is 0 Å². The van der Waals surface area contributed by atoms with Crippen LogP contribution in [-0.4, -0.2) is 65.7 Å². The molecule has 0 saturated carbocycles. The Labute approximate surface area is 121 Å². The van der Waals surface area contributed by atoms with Crippen LogP contribution in [0.1, 0.15) is 33.6 Å². The maximum atomic E-state index is 12.0. The molecule has 1 saturated heterocycles. The van der Waals surface area contributed by atoms with Crippen LogP contribution < -0.4 is 5.32 Å². The summed E-state index contributed by atoms with van der Waals surface area (Å²) < 4.78 is 0. The summed E-state index contributed by atoms with van der Waals surface area (Å²) in [4.78, 5) is 26.9. The highest BCUT2D eigenvalue weighted by atomic mass is 16.4. The molecule has 1 fully saturated rings. The summed E-state index contributed by atoms with van der Waals surface area (Å²) >= 11 is 0. The van der Waals surface area contributed by atoms with Gasteiger partial charge < -0.3 is 20.2 Å². The second-order valence-electron chi connectivity index (χ2n) is 5.90. The van der Waals surface area contributed by atoms with E-state index < -0.39 is 12.0 Å². The van der Waals surface area contributed by atoms with E-state index in [-0.39, 0.29) is 11.9 Å². The largest absolute Gasteiger partial charge is 0.480 e. The Kier molecular flexibility index (Phi) is 6.26. The van der Waals surface area contributed by atoms with Gasteiger partial charge in [-0.25, -0.2) is 9.59 Å². The first-order chi connectivity index (χ1) is 9.34. The Bertz CT molecular complexity index is 347. The van der Waals surface area contributed by atoms with Gasteiger partial charge in [-0.2, -0.15) is 0 Å². The van der Waals surface area contributed by atoms with E-state index in [1.165, 1.54) is 4.90 Å². The molecule has 2 atom stereocenters. The maximum Gasteiger partial charge on any atom is 0.326 e. The Morgan fingerprint density at radius 1 is 1.45 bits per heavy atom. The van der Waals surface area contributed by atoms with E-state index >= 15 is 0 Å². The molecule has 0 aliphatic carbocycles. The van der Waals surface area contributed by atoms with Crippen LogP contribution in [0.25, 0.3) is 0 Å². The van der Waals surface area contributed by atoms with Gasteiger partial charge in [-0.1, -0.05) is 6.92 Å². The standard InChI is InChI=1S/C14H27N3O3/c1-10(2)16(4)8-5-7-15-14(20)17-9-6-11(3)12(17)13(18)19/h10-12H,5-9H2,1-4H3,(H,15,20)(H,18,19). The second kappa shape index (κ2) is 7.47. The fourth-order valence-electron chi connectivity index (χ4n) is 2.43. The minimum atomic E-state index is -0.912.